The van der Waals surface area contributed by atoms with Gasteiger partial charge in [-0.2, -0.15) is 0 Å². The molecule has 5 aromatic rings. The van der Waals surface area contributed by atoms with Crippen LogP contribution in [-0.4, -0.2) is 124 Å². The summed E-state index contributed by atoms with van der Waals surface area (Å²) in [5, 5.41) is 0. The predicted molar refractivity (Wildman–Crippen MR) is 255 cm³/mol. The van der Waals surface area contributed by atoms with Gasteiger partial charge in [0, 0.05) is 21.0 Å². The maximum absolute atomic E-state index is 14.1. The first-order valence-electron chi connectivity index (χ1n) is 23.5. The van der Waals surface area contributed by atoms with Crippen LogP contribution in [0.4, 0.5) is 0 Å². The predicted octanol–water partition coefficient (Wildman–Crippen LogP) is 6.55. The molecule has 5 aromatic carbocycles. The highest BCUT2D eigenvalue weighted by atomic mass is 16.8. The van der Waals surface area contributed by atoms with E-state index in [2.05, 4.69) is 0 Å². The molecular weight excluding hydrogens is 949 g/mol. The zero-order valence-electron chi connectivity index (χ0n) is 40.5. The van der Waals surface area contributed by atoms with Crippen molar-refractivity contribution in [2.75, 3.05) is 26.9 Å². The third-order valence-corrected chi connectivity index (χ3v) is 11.5. The molecule has 11 atom stereocenters. The van der Waals surface area contributed by atoms with Gasteiger partial charge in [0.25, 0.3) is 0 Å². The summed E-state index contributed by atoms with van der Waals surface area (Å²) in [6.45, 7) is 2.88. The molecule has 0 N–H and O–H groups in total. The summed E-state index contributed by atoms with van der Waals surface area (Å²) in [7, 11) is 1.27. The fourth-order valence-electron chi connectivity index (χ4n) is 8.15. The first-order valence-corrected chi connectivity index (χ1v) is 23.5. The summed E-state index contributed by atoms with van der Waals surface area (Å²) in [4.78, 5) is 81.3. The molecule has 0 amide bonds. The van der Waals surface area contributed by atoms with Gasteiger partial charge in [0.15, 0.2) is 43.1 Å². The quantitative estimate of drug-likeness (QED) is 0.0563. The summed E-state index contributed by atoms with van der Waals surface area (Å²) in [5.74, 6) is -4.85. The second kappa shape index (κ2) is 26.4. The van der Waals surface area contributed by atoms with Crippen LogP contribution in [0.3, 0.4) is 0 Å². The van der Waals surface area contributed by atoms with E-state index in [1.165, 1.54) is 57.4 Å². The van der Waals surface area contributed by atoms with E-state index >= 15 is 0 Å². The Labute approximate surface area is 421 Å². The van der Waals surface area contributed by atoms with Crippen LogP contribution in [0.25, 0.3) is 0 Å². The number of hydrogen-bond acceptors (Lipinski definition) is 18. The average molecular weight is 1010 g/mol. The van der Waals surface area contributed by atoms with Crippen LogP contribution >= 0.6 is 0 Å². The molecule has 0 aromatic heterocycles. The molecule has 2 saturated heterocycles. The van der Waals surface area contributed by atoms with Crippen LogP contribution in [0.5, 0.6) is 0 Å². The van der Waals surface area contributed by atoms with E-state index in [1.54, 1.807) is 91.9 Å². The standard InChI is InChI=1S/C55H56O18/c1-5-63-53(61)43(37-23-13-7-14-24-37)70-49-46(67-35(3)57)44(65-31-36-21-11-6-12-22-36)41(32-64-34(2)56)69-55(49)66-33-42-45(71-50(58)38-25-15-8-16-26-38)47(72-51(59)39-27-17-9-18-28-39)48(54(62-4)68-42)73-52(60)40-29-19-10-20-30-40/h6-30,41-49,54-55H,5,31-33H2,1-4H3/t41-,42-,43+,44+,45-,46+,47+,48-,49-,54+,55+/m1/s1. The van der Waals surface area contributed by atoms with Crippen molar-refractivity contribution in [3.8, 4) is 0 Å². The van der Waals surface area contributed by atoms with Gasteiger partial charge in [0.1, 0.15) is 31.0 Å². The zero-order chi connectivity index (χ0) is 51.7. The van der Waals surface area contributed by atoms with E-state index in [0.717, 1.165) is 5.56 Å². The van der Waals surface area contributed by atoms with Gasteiger partial charge in [0.05, 0.1) is 36.5 Å². The SMILES string of the molecule is CCOC(=O)[C@@H](O[C@H]1[C@@H](OC[C@H]2O[C@H](OC)[C@H](OC(=O)c3ccccc3)[C@@H](OC(=O)c3ccccc3)[C@@H]2OC(=O)c2ccccc2)O[C@H](COC(C)=O)[C@H](OCc2ccccc2)[C@@H]1OC(C)=O)c1ccccc1. The number of carbonyl (C=O) groups excluding carboxylic acids is 6. The molecular formula is C55H56O18. The maximum Gasteiger partial charge on any atom is 0.339 e. The summed E-state index contributed by atoms with van der Waals surface area (Å²) in [6.07, 6.45) is -16.4. The van der Waals surface area contributed by atoms with Crippen molar-refractivity contribution in [1.29, 1.82) is 0 Å². The first kappa shape index (κ1) is 53.5. The summed E-state index contributed by atoms with van der Waals surface area (Å²) >= 11 is 0. The molecule has 384 valence electrons. The van der Waals surface area contributed by atoms with E-state index in [9.17, 15) is 28.8 Å². The number of rotatable bonds is 21. The molecule has 2 heterocycles. The van der Waals surface area contributed by atoms with Crippen LogP contribution in [0.1, 0.15) is 69.1 Å². The van der Waals surface area contributed by atoms with Crippen molar-refractivity contribution >= 4 is 35.8 Å². The molecule has 0 radical (unpaired) electrons. The third-order valence-electron chi connectivity index (χ3n) is 11.5. The van der Waals surface area contributed by atoms with Crippen molar-refractivity contribution < 1.29 is 85.6 Å². The summed E-state index contributed by atoms with van der Waals surface area (Å²) < 4.78 is 73.9. The van der Waals surface area contributed by atoms with Gasteiger partial charge in [-0.15, -0.1) is 0 Å². The Hall–Kier alpha value is -7.32. The van der Waals surface area contributed by atoms with Crippen LogP contribution in [-0.2, 0) is 77.8 Å². The van der Waals surface area contributed by atoms with Crippen LogP contribution < -0.4 is 0 Å². The second-order valence-corrected chi connectivity index (χ2v) is 16.6. The van der Waals surface area contributed by atoms with Gasteiger partial charge in [0.2, 0.25) is 0 Å². The minimum Gasteiger partial charge on any atom is -0.464 e. The minimum atomic E-state index is -1.66. The van der Waals surface area contributed by atoms with Crippen LogP contribution in [0.2, 0.25) is 0 Å². The van der Waals surface area contributed by atoms with Gasteiger partial charge < -0.3 is 56.8 Å². The molecule has 18 nitrogen and oxygen atoms in total. The van der Waals surface area contributed by atoms with Gasteiger partial charge in [-0.3, -0.25) is 9.59 Å². The molecule has 7 rings (SSSR count). The minimum absolute atomic E-state index is 0.0201. The molecule has 2 aliphatic heterocycles. The summed E-state index contributed by atoms with van der Waals surface area (Å²) in [6, 6.07) is 41.4. The second-order valence-electron chi connectivity index (χ2n) is 16.6. The zero-order valence-corrected chi connectivity index (χ0v) is 40.5. The van der Waals surface area contributed by atoms with Gasteiger partial charge in [-0.1, -0.05) is 115 Å². The molecule has 73 heavy (non-hydrogen) atoms. The van der Waals surface area contributed by atoms with Crippen LogP contribution in [0, 0.1) is 0 Å². The smallest absolute Gasteiger partial charge is 0.339 e. The number of methoxy groups -OCH3 is 1. The Bertz CT molecular complexity index is 2570. The normalized spacial score (nSPS) is 23.9. The lowest BCUT2D eigenvalue weighted by Gasteiger charge is -2.47. The number of hydrogen-bond donors (Lipinski definition) is 0. The highest BCUT2D eigenvalue weighted by Crippen LogP contribution is 2.36. The van der Waals surface area contributed by atoms with E-state index in [1.807, 2.05) is 30.3 Å². The highest BCUT2D eigenvalue weighted by molar-refractivity contribution is 5.91. The molecule has 0 aliphatic carbocycles. The highest BCUT2D eigenvalue weighted by Gasteiger charge is 2.56. The molecule has 2 fully saturated rings. The van der Waals surface area contributed by atoms with Gasteiger partial charge >= 0.3 is 35.8 Å². The van der Waals surface area contributed by atoms with Crippen LogP contribution in [0.15, 0.2) is 152 Å². The molecule has 0 saturated carbocycles. The lowest BCUT2D eigenvalue weighted by molar-refractivity contribution is -0.340. The van der Waals surface area contributed by atoms with Gasteiger partial charge in [-0.25, -0.2) is 19.2 Å². The maximum atomic E-state index is 14.1. The van der Waals surface area contributed by atoms with Crippen molar-refractivity contribution in [2.45, 2.75) is 94.9 Å². The monoisotopic (exact) mass is 1000 g/mol. The fraction of sp³-hybridized carbons (Fsp3) is 0.345. The Morgan fingerprint density at radius 2 is 0.945 bits per heavy atom. The average Bonchev–Trinajstić information content (AvgIpc) is 3.41. The Kier molecular flexibility index (Phi) is 19.3. The Morgan fingerprint density at radius 3 is 1.45 bits per heavy atom. The van der Waals surface area contributed by atoms with Gasteiger partial charge in [-0.05, 0) is 54.4 Å². The lowest BCUT2D eigenvalue weighted by atomic mass is 9.96. The number of esters is 6. The molecule has 18 heteroatoms. The number of carbonyl (C=O) groups is 6. The number of benzene rings is 5. The van der Waals surface area contributed by atoms with E-state index < -0.39 is 117 Å². The fourth-order valence-corrected chi connectivity index (χ4v) is 8.15. The van der Waals surface area contributed by atoms with Crippen molar-refractivity contribution in [2.24, 2.45) is 0 Å². The van der Waals surface area contributed by atoms with Crippen molar-refractivity contribution in [3.05, 3.63) is 179 Å². The Balaban J connectivity index is 1.31. The first-order chi connectivity index (χ1) is 35.4. The Morgan fingerprint density at radius 1 is 0.479 bits per heavy atom. The van der Waals surface area contributed by atoms with E-state index in [-0.39, 0.29) is 29.9 Å². The molecule has 0 unspecified atom stereocenters. The number of ether oxygens (including phenoxy) is 12. The summed E-state index contributed by atoms with van der Waals surface area (Å²) in [5.41, 5.74) is 1.45. The van der Waals surface area contributed by atoms with E-state index in [4.69, 9.17) is 56.8 Å². The molecule has 0 bridgehead atoms. The topological polar surface area (TPSA) is 213 Å². The lowest BCUT2D eigenvalue weighted by Crippen LogP contribution is -2.65. The third kappa shape index (κ3) is 14.4. The van der Waals surface area contributed by atoms with E-state index in [0.29, 0.717) is 5.56 Å². The van der Waals surface area contributed by atoms with Crippen molar-refractivity contribution in [3.63, 3.8) is 0 Å². The van der Waals surface area contributed by atoms with Crippen molar-refractivity contribution in [1.82, 2.24) is 0 Å². The largest absolute Gasteiger partial charge is 0.464 e. The molecule has 0 spiro atoms. The molecule has 2 aliphatic rings.